The van der Waals surface area contributed by atoms with Crippen molar-refractivity contribution in [3.8, 4) is 0 Å². The highest BCUT2D eigenvalue weighted by Gasteiger charge is 1.70. The first-order chi connectivity index (χ1) is 3.27. The molecule has 0 aromatic heterocycles. The SMILES string of the molecule is [CH2]CCN=S(=O)=O. The molecule has 7 heavy (non-hydrogen) atoms. The molecular weight excluding hydrogens is 114 g/mol. The molecule has 0 saturated carbocycles. The van der Waals surface area contributed by atoms with Crippen LogP contribution in [0.25, 0.3) is 0 Å². The third kappa shape index (κ3) is 5.62. The molecule has 0 N–H and O–H groups in total. The van der Waals surface area contributed by atoms with Gasteiger partial charge < -0.3 is 0 Å². The largest absolute Gasteiger partial charge is 0.311 e. The van der Waals surface area contributed by atoms with Gasteiger partial charge in [0.15, 0.2) is 0 Å². The van der Waals surface area contributed by atoms with Crippen molar-refractivity contribution in [3.05, 3.63) is 6.92 Å². The van der Waals surface area contributed by atoms with E-state index >= 15 is 0 Å². The van der Waals surface area contributed by atoms with Gasteiger partial charge in [-0.05, 0) is 6.42 Å². The van der Waals surface area contributed by atoms with Gasteiger partial charge >= 0.3 is 10.5 Å². The lowest BCUT2D eigenvalue weighted by Gasteiger charge is -1.71. The van der Waals surface area contributed by atoms with Crippen molar-refractivity contribution in [2.24, 2.45) is 4.36 Å². The van der Waals surface area contributed by atoms with Crippen LogP contribution in [0, 0.1) is 6.92 Å². The maximum Gasteiger partial charge on any atom is 0.311 e. The zero-order valence-corrected chi connectivity index (χ0v) is 4.61. The van der Waals surface area contributed by atoms with Crippen molar-refractivity contribution in [1.29, 1.82) is 0 Å². The van der Waals surface area contributed by atoms with E-state index in [2.05, 4.69) is 11.3 Å². The minimum atomic E-state index is -2.23. The molecule has 0 fully saturated rings. The first-order valence-corrected chi connectivity index (χ1v) is 2.86. The van der Waals surface area contributed by atoms with Crippen LogP contribution in [-0.4, -0.2) is 15.0 Å². The summed E-state index contributed by atoms with van der Waals surface area (Å²) >= 11 is 0. The highest BCUT2D eigenvalue weighted by molar-refractivity contribution is 7.61. The molecule has 0 rings (SSSR count). The molecule has 0 aromatic carbocycles. The Bertz CT molecular complexity index is 138. The Labute approximate surface area is 44.1 Å². The van der Waals surface area contributed by atoms with Crippen molar-refractivity contribution >= 4 is 10.5 Å². The molecule has 3 nitrogen and oxygen atoms in total. The number of hydrogen-bond acceptors (Lipinski definition) is 3. The minimum Gasteiger partial charge on any atom is -0.172 e. The van der Waals surface area contributed by atoms with Crippen molar-refractivity contribution < 1.29 is 8.42 Å². The van der Waals surface area contributed by atoms with Crippen LogP contribution in [0.4, 0.5) is 0 Å². The Balaban J connectivity index is 3.49. The summed E-state index contributed by atoms with van der Waals surface area (Å²) in [6.07, 6.45) is 0.536. The summed E-state index contributed by atoms with van der Waals surface area (Å²) in [5.41, 5.74) is 0. The van der Waals surface area contributed by atoms with E-state index in [4.69, 9.17) is 0 Å². The maximum absolute atomic E-state index is 9.56. The van der Waals surface area contributed by atoms with Gasteiger partial charge in [-0.3, -0.25) is 0 Å². The monoisotopic (exact) mass is 120 g/mol. The molecule has 4 heteroatoms. The molecule has 1 radical (unpaired) electrons. The van der Waals surface area contributed by atoms with Crippen molar-refractivity contribution in [3.63, 3.8) is 0 Å². The first-order valence-electron chi connectivity index (χ1n) is 1.83. The molecule has 0 aliphatic heterocycles. The molecule has 0 spiro atoms. The van der Waals surface area contributed by atoms with E-state index in [-0.39, 0.29) is 0 Å². The molecule has 0 aromatic rings. The van der Waals surface area contributed by atoms with Gasteiger partial charge in [0.1, 0.15) is 0 Å². The summed E-state index contributed by atoms with van der Waals surface area (Å²) in [7, 11) is -2.23. The molecule has 0 atom stereocenters. The fourth-order valence-corrected chi connectivity index (χ4v) is 0.417. The molecule has 0 heterocycles. The van der Waals surface area contributed by atoms with Gasteiger partial charge in [0.05, 0.1) is 6.54 Å². The summed E-state index contributed by atoms with van der Waals surface area (Å²) in [5, 5.41) is 0. The standard InChI is InChI=1S/C3H6NO2S/c1-2-3-4-7(5)6/h1-3H2. The first kappa shape index (κ1) is 6.62. The summed E-state index contributed by atoms with van der Waals surface area (Å²) in [6.45, 7) is 3.69. The van der Waals surface area contributed by atoms with Crippen LogP contribution in [0.1, 0.15) is 6.42 Å². The Hall–Kier alpha value is -0.380. The van der Waals surface area contributed by atoms with Crippen LogP contribution < -0.4 is 0 Å². The normalized spacial score (nSPS) is 8.14. The Morgan fingerprint density at radius 3 is 2.29 bits per heavy atom. The zero-order valence-electron chi connectivity index (χ0n) is 3.79. The van der Waals surface area contributed by atoms with Crippen LogP contribution in [0.3, 0.4) is 0 Å². The van der Waals surface area contributed by atoms with E-state index in [1.54, 1.807) is 0 Å². The number of nitrogens with zero attached hydrogens (tertiary/aromatic N) is 1. The second kappa shape index (κ2) is 3.80. The lowest BCUT2D eigenvalue weighted by Crippen LogP contribution is -1.70. The van der Waals surface area contributed by atoms with Crippen LogP contribution >= 0.6 is 0 Å². The van der Waals surface area contributed by atoms with Crippen LogP contribution in [0.2, 0.25) is 0 Å². The average Bonchev–Trinajstić information content (AvgIpc) is 1.61. The Morgan fingerprint density at radius 2 is 2.14 bits per heavy atom. The quantitative estimate of drug-likeness (QED) is 0.525. The molecule has 0 aliphatic carbocycles. The zero-order chi connectivity index (χ0) is 5.70. The Morgan fingerprint density at radius 1 is 1.57 bits per heavy atom. The molecule has 41 valence electrons. The topological polar surface area (TPSA) is 46.5 Å². The van der Waals surface area contributed by atoms with Crippen LogP contribution in [0.5, 0.6) is 0 Å². The van der Waals surface area contributed by atoms with E-state index in [1.807, 2.05) is 0 Å². The van der Waals surface area contributed by atoms with E-state index < -0.39 is 10.5 Å². The highest BCUT2D eigenvalue weighted by Crippen LogP contribution is 1.72. The number of hydrogen-bond donors (Lipinski definition) is 0. The van der Waals surface area contributed by atoms with E-state index in [1.165, 1.54) is 0 Å². The van der Waals surface area contributed by atoms with Crippen LogP contribution in [-0.2, 0) is 10.5 Å². The van der Waals surface area contributed by atoms with E-state index in [9.17, 15) is 8.42 Å². The molecule has 0 amide bonds. The van der Waals surface area contributed by atoms with Gasteiger partial charge in [-0.1, -0.05) is 6.92 Å². The second-order valence-corrected chi connectivity index (χ2v) is 1.62. The third-order valence-electron chi connectivity index (χ3n) is 0.355. The van der Waals surface area contributed by atoms with Crippen molar-refractivity contribution in [2.45, 2.75) is 6.42 Å². The number of rotatable bonds is 2. The predicted molar refractivity (Wildman–Crippen MR) is 26.2 cm³/mol. The molecule has 0 aliphatic rings. The summed E-state index contributed by atoms with van der Waals surface area (Å²) < 4.78 is 22.2. The lowest BCUT2D eigenvalue weighted by atomic mass is 10.5. The van der Waals surface area contributed by atoms with Crippen LogP contribution in [0.15, 0.2) is 4.36 Å². The van der Waals surface area contributed by atoms with Crippen molar-refractivity contribution in [1.82, 2.24) is 0 Å². The van der Waals surface area contributed by atoms with Gasteiger partial charge in [0.2, 0.25) is 0 Å². The molecule has 0 unspecified atom stereocenters. The third-order valence-corrected chi connectivity index (χ3v) is 0.748. The van der Waals surface area contributed by atoms with Gasteiger partial charge in [-0.25, -0.2) is 0 Å². The molecule has 0 saturated heterocycles. The Kier molecular flexibility index (Phi) is 3.59. The molecule has 0 bridgehead atoms. The fourth-order valence-electron chi connectivity index (χ4n) is 0.139. The van der Waals surface area contributed by atoms with Gasteiger partial charge in [0.25, 0.3) is 0 Å². The van der Waals surface area contributed by atoms with E-state index in [0.717, 1.165) is 0 Å². The maximum atomic E-state index is 9.56. The summed E-state index contributed by atoms with van der Waals surface area (Å²) in [5.74, 6) is 0. The van der Waals surface area contributed by atoms with Crippen molar-refractivity contribution in [2.75, 3.05) is 6.54 Å². The predicted octanol–water partition coefficient (Wildman–Crippen LogP) is 0.273. The average molecular weight is 120 g/mol. The molecular formula is C3H6NO2S. The lowest BCUT2D eigenvalue weighted by molar-refractivity contribution is 0.620. The summed E-state index contributed by atoms with van der Waals surface area (Å²) in [6, 6.07) is 0. The second-order valence-electron chi connectivity index (χ2n) is 0.923. The summed E-state index contributed by atoms with van der Waals surface area (Å²) in [4.78, 5) is 0. The van der Waals surface area contributed by atoms with Gasteiger partial charge in [-0.2, -0.15) is 12.8 Å². The van der Waals surface area contributed by atoms with Gasteiger partial charge in [-0.15, -0.1) is 0 Å². The van der Waals surface area contributed by atoms with E-state index in [0.29, 0.717) is 13.0 Å². The highest BCUT2D eigenvalue weighted by atomic mass is 32.2. The smallest absolute Gasteiger partial charge is 0.172 e. The minimum absolute atomic E-state index is 0.302. The fraction of sp³-hybridized carbons (Fsp3) is 0.667. The van der Waals surface area contributed by atoms with Gasteiger partial charge in [0, 0.05) is 0 Å².